The van der Waals surface area contributed by atoms with E-state index in [2.05, 4.69) is 48.9 Å². The number of aromatic nitrogens is 6. The molecule has 1 aliphatic carbocycles. The van der Waals surface area contributed by atoms with E-state index in [0.29, 0.717) is 23.2 Å². The summed E-state index contributed by atoms with van der Waals surface area (Å²) in [5.41, 5.74) is 3.55. The minimum atomic E-state index is 0.172. The molecule has 0 unspecified atom stereocenters. The zero-order chi connectivity index (χ0) is 23.8. The average molecular weight is 471 g/mol. The molecule has 1 saturated carbocycles. The Kier molecular flexibility index (Phi) is 5.42. The summed E-state index contributed by atoms with van der Waals surface area (Å²) < 4.78 is 9.82. The third kappa shape index (κ3) is 4.48. The lowest BCUT2D eigenvalue weighted by Gasteiger charge is -2.30. The van der Waals surface area contributed by atoms with Crippen molar-refractivity contribution < 1.29 is 4.74 Å². The fraction of sp³-hybridized carbons (Fsp3) is 0.375. The standard InChI is InChI=1S/C24H26N10O/c1-32-8-6-19(7-9-32)35-22-5-4-17(10-21(22)33-14-27-28-15-33)30-23-11-20(29-16-2-3-16)24-26-13-18(12-25)34(24)31-23/h4-5,10-11,13-16,19,29H,2-3,6-9H2,1H3,(H,30,31). The van der Waals surface area contributed by atoms with Crippen LogP contribution in [-0.2, 0) is 0 Å². The van der Waals surface area contributed by atoms with Crippen LogP contribution in [0.4, 0.5) is 17.2 Å². The van der Waals surface area contributed by atoms with E-state index in [4.69, 9.17) is 4.74 Å². The van der Waals surface area contributed by atoms with Crippen LogP contribution in [0.1, 0.15) is 31.4 Å². The fourth-order valence-corrected chi connectivity index (χ4v) is 4.31. The van der Waals surface area contributed by atoms with Crippen LogP contribution < -0.4 is 15.4 Å². The van der Waals surface area contributed by atoms with E-state index < -0.39 is 0 Å². The van der Waals surface area contributed by atoms with Gasteiger partial charge in [0.1, 0.15) is 30.6 Å². The molecule has 11 nitrogen and oxygen atoms in total. The van der Waals surface area contributed by atoms with Crippen LogP contribution in [0.25, 0.3) is 11.3 Å². The topological polar surface area (TPSA) is 121 Å². The van der Waals surface area contributed by atoms with Gasteiger partial charge in [-0.05, 0) is 50.9 Å². The molecule has 1 aliphatic heterocycles. The predicted octanol–water partition coefficient (Wildman–Crippen LogP) is 2.97. The maximum absolute atomic E-state index is 9.49. The molecule has 1 aromatic carbocycles. The van der Waals surface area contributed by atoms with Crippen molar-refractivity contribution in [3.63, 3.8) is 0 Å². The van der Waals surface area contributed by atoms with Crippen LogP contribution in [-0.4, -0.2) is 66.5 Å². The van der Waals surface area contributed by atoms with Gasteiger partial charge in [-0.3, -0.25) is 4.57 Å². The number of likely N-dealkylation sites (tertiary alicyclic amines) is 1. The van der Waals surface area contributed by atoms with Gasteiger partial charge in [0.25, 0.3) is 0 Å². The van der Waals surface area contributed by atoms with Gasteiger partial charge in [-0.25, -0.2) is 4.98 Å². The van der Waals surface area contributed by atoms with E-state index in [1.165, 1.54) is 0 Å². The third-order valence-electron chi connectivity index (χ3n) is 6.41. The van der Waals surface area contributed by atoms with Gasteiger partial charge in [0.2, 0.25) is 0 Å². The number of piperidine rings is 1. The summed E-state index contributed by atoms with van der Waals surface area (Å²) in [6.07, 6.45) is 9.28. The highest BCUT2D eigenvalue weighted by atomic mass is 16.5. The molecule has 1 saturated heterocycles. The van der Waals surface area contributed by atoms with Gasteiger partial charge in [-0.2, -0.15) is 9.78 Å². The molecule has 2 fully saturated rings. The lowest BCUT2D eigenvalue weighted by molar-refractivity contribution is 0.114. The number of fused-ring (bicyclic) bond motifs is 1. The molecule has 178 valence electrons. The van der Waals surface area contributed by atoms with Crippen molar-refractivity contribution in [2.75, 3.05) is 30.8 Å². The molecule has 6 rings (SSSR count). The monoisotopic (exact) mass is 470 g/mol. The van der Waals surface area contributed by atoms with Crippen molar-refractivity contribution in [3.05, 3.63) is 48.8 Å². The van der Waals surface area contributed by atoms with Crippen molar-refractivity contribution in [2.24, 2.45) is 0 Å². The number of hydrogen-bond acceptors (Lipinski definition) is 9. The van der Waals surface area contributed by atoms with E-state index in [-0.39, 0.29) is 6.10 Å². The minimum Gasteiger partial charge on any atom is -0.488 e. The Morgan fingerprint density at radius 2 is 1.89 bits per heavy atom. The molecule has 0 bridgehead atoms. The number of nitrogens with zero attached hydrogens (tertiary/aromatic N) is 8. The van der Waals surface area contributed by atoms with Crippen LogP contribution >= 0.6 is 0 Å². The normalized spacial score (nSPS) is 16.8. The molecule has 0 amide bonds. The minimum absolute atomic E-state index is 0.172. The molecule has 35 heavy (non-hydrogen) atoms. The van der Waals surface area contributed by atoms with Gasteiger partial charge in [0.15, 0.2) is 17.2 Å². The van der Waals surface area contributed by atoms with Crippen molar-refractivity contribution >= 4 is 22.8 Å². The molecular formula is C24H26N10O. The Labute approximate surface area is 202 Å². The molecule has 0 radical (unpaired) electrons. The molecule has 0 atom stereocenters. The lowest BCUT2D eigenvalue weighted by atomic mass is 10.1. The maximum atomic E-state index is 9.49. The number of hydrogen-bond donors (Lipinski definition) is 2. The first-order valence-corrected chi connectivity index (χ1v) is 11.8. The van der Waals surface area contributed by atoms with Crippen LogP contribution in [0.3, 0.4) is 0 Å². The molecule has 2 aliphatic rings. The molecule has 0 spiro atoms. The summed E-state index contributed by atoms with van der Waals surface area (Å²) in [6.45, 7) is 2.05. The second-order valence-corrected chi connectivity index (χ2v) is 9.15. The van der Waals surface area contributed by atoms with E-state index in [0.717, 1.165) is 61.6 Å². The van der Waals surface area contributed by atoms with E-state index in [1.54, 1.807) is 23.4 Å². The summed E-state index contributed by atoms with van der Waals surface area (Å²) >= 11 is 0. The summed E-state index contributed by atoms with van der Waals surface area (Å²) in [5.74, 6) is 1.39. The summed E-state index contributed by atoms with van der Waals surface area (Å²) in [5, 5.41) is 28.9. The molecule has 3 aromatic heterocycles. The Morgan fingerprint density at radius 1 is 1.09 bits per heavy atom. The molecular weight excluding hydrogens is 444 g/mol. The number of benzene rings is 1. The van der Waals surface area contributed by atoms with E-state index in [9.17, 15) is 5.26 Å². The molecule has 11 heteroatoms. The molecule has 4 heterocycles. The smallest absolute Gasteiger partial charge is 0.178 e. The Hall–Kier alpha value is -4.17. The number of imidazole rings is 1. The second-order valence-electron chi connectivity index (χ2n) is 9.15. The highest BCUT2D eigenvalue weighted by Crippen LogP contribution is 2.32. The summed E-state index contributed by atoms with van der Waals surface area (Å²) in [7, 11) is 2.14. The van der Waals surface area contributed by atoms with Crippen LogP contribution in [0.5, 0.6) is 5.75 Å². The molecule has 2 N–H and O–H groups in total. The second kappa shape index (κ2) is 8.88. The van der Waals surface area contributed by atoms with E-state index >= 15 is 0 Å². The Morgan fingerprint density at radius 3 is 2.63 bits per heavy atom. The molecule has 4 aromatic rings. The SMILES string of the molecule is CN1CCC(Oc2ccc(Nc3cc(NC4CC4)c4ncc(C#N)n4n3)cc2-n2cnnc2)CC1. The quantitative estimate of drug-likeness (QED) is 0.420. The van der Waals surface area contributed by atoms with Gasteiger partial charge in [-0.1, -0.05) is 0 Å². The first kappa shape index (κ1) is 21.4. The first-order chi connectivity index (χ1) is 17.2. The number of rotatable bonds is 7. The number of nitrogens with one attached hydrogen (secondary N) is 2. The highest BCUT2D eigenvalue weighted by molar-refractivity contribution is 5.74. The maximum Gasteiger partial charge on any atom is 0.178 e. The van der Waals surface area contributed by atoms with Crippen molar-refractivity contribution in [1.82, 2.24) is 34.3 Å². The predicted molar refractivity (Wildman–Crippen MR) is 130 cm³/mol. The highest BCUT2D eigenvalue weighted by Gasteiger charge is 2.24. The Bertz CT molecular complexity index is 1380. The van der Waals surface area contributed by atoms with Gasteiger partial charge in [0, 0.05) is 30.9 Å². The first-order valence-electron chi connectivity index (χ1n) is 11.8. The van der Waals surface area contributed by atoms with Crippen molar-refractivity contribution in [1.29, 1.82) is 5.26 Å². The fourth-order valence-electron chi connectivity index (χ4n) is 4.31. The zero-order valence-electron chi connectivity index (χ0n) is 19.4. The van der Waals surface area contributed by atoms with Crippen molar-refractivity contribution in [2.45, 2.75) is 37.8 Å². The van der Waals surface area contributed by atoms with Gasteiger partial charge in [0.05, 0.1) is 17.6 Å². The summed E-state index contributed by atoms with van der Waals surface area (Å²) in [6, 6.07) is 10.5. The lowest BCUT2D eigenvalue weighted by Crippen LogP contribution is -2.35. The van der Waals surface area contributed by atoms with E-state index in [1.807, 2.05) is 28.8 Å². The Balaban J connectivity index is 1.32. The van der Waals surface area contributed by atoms with Gasteiger partial charge in [-0.15, -0.1) is 15.3 Å². The third-order valence-corrected chi connectivity index (χ3v) is 6.41. The van der Waals surface area contributed by atoms with Crippen LogP contribution in [0.2, 0.25) is 0 Å². The zero-order valence-corrected chi connectivity index (χ0v) is 19.4. The van der Waals surface area contributed by atoms with Gasteiger partial charge < -0.3 is 20.3 Å². The number of nitriles is 1. The average Bonchev–Trinajstić information content (AvgIpc) is 3.34. The summed E-state index contributed by atoms with van der Waals surface area (Å²) in [4.78, 5) is 6.71. The largest absolute Gasteiger partial charge is 0.488 e. The number of anilines is 3. The van der Waals surface area contributed by atoms with Crippen molar-refractivity contribution in [3.8, 4) is 17.5 Å². The number of ether oxygens (including phenoxy) is 1. The van der Waals surface area contributed by atoms with Gasteiger partial charge >= 0.3 is 0 Å². The van der Waals surface area contributed by atoms with Crippen LogP contribution in [0.15, 0.2) is 43.1 Å². The van der Waals surface area contributed by atoms with Crippen LogP contribution in [0, 0.1) is 11.3 Å².